The number of hydrogen-bond donors (Lipinski definition) is 1. The summed E-state index contributed by atoms with van der Waals surface area (Å²) in [7, 11) is 0. The van der Waals surface area contributed by atoms with Gasteiger partial charge in [-0.2, -0.15) is 0 Å². The molecule has 0 saturated heterocycles. The second-order valence-corrected chi connectivity index (χ2v) is 6.87. The minimum Gasteiger partial charge on any atom is -0.451 e. The minimum absolute atomic E-state index is 0.0267. The highest BCUT2D eigenvalue weighted by molar-refractivity contribution is 7.14. The first-order valence-electron chi connectivity index (χ1n) is 7.78. The van der Waals surface area contributed by atoms with Gasteiger partial charge in [-0.1, -0.05) is 0 Å². The molecule has 0 saturated carbocycles. The molecule has 3 rings (SSSR count). The number of amides is 1. The molecule has 1 aromatic heterocycles. The van der Waals surface area contributed by atoms with Crippen molar-refractivity contribution in [3.8, 4) is 0 Å². The van der Waals surface area contributed by atoms with E-state index in [0.717, 1.165) is 36.1 Å². The molecule has 4 nitrogen and oxygen atoms in total. The lowest BCUT2D eigenvalue weighted by molar-refractivity contribution is -0.119. The maximum atomic E-state index is 13.5. The summed E-state index contributed by atoms with van der Waals surface area (Å²) in [6, 6.07) is 1.74. The predicted octanol–water partition coefficient (Wildman–Crippen LogP) is 3.98. The van der Waals surface area contributed by atoms with Crippen LogP contribution < -0.4 is 5.32 Å². The summed E-state index contributed by atoms with van der Waals surface area (Å²) in [5, 5.41) is 1.67. The van der Waals surface area contributed by atoms with E-state index < -0.39 is 47.4 Å². The number of benzene rings is 1. The van der Waals surface area contributed by atoms with Gasteiger partial charge in [0, 0.05) is 10.9 Å². The Labute approximate surface area is 149 Å². The van der Waals surface area contributed by atoms with Crippen LogP contribution in [0.15, 0.2) is 12.1 Å². The first-order valence-corrected chi connectivity index (χ1v) is 8.60. The Morgan fingerprint density at radius 2 is 1.69 bits per heavy atom. The van der Waals surface area contributed by atoms with Gasteiger partial charge in [0.25, 0.3) is 5.91 Å². The fourth-order valence-electron chi connectivity index (χ4n) is 2.65. The summed E-state index contributed by atoms with van der Waals surface area (Å²) in [4.78, 5) is 25.1. The van der Waals surface area contributed by atoms with E-state index in [1.807, 2.05) is 0 Å². The third-order valence-corrected chi connectivity index (χ3v) is 5.13. The molecule has 138 valence electrons. The third-order valence-electron chi connectivity index (χ3n) is 3.91. The Kier molecular flexibility index (Phi) is 5.26. The van der Waals surface area contributed by atoms with Crippen LogP contribution in [0.3, 0.4) is 0 Å². The number of ether oxygens (including phenoxy) is 1. The van der Waals surface area contributed by atoms with Crippen LogP contribution >= 0.6 is 11.3 Å². The Morgan fingerprint density at radius 3 is 2.35 bits per heavy atom. The van der Waals surface area contributed by atoms with Gasteiger partial charge >= 0.3 is 5.97 Å². The summed E-state index contributed by atoms with van der Waals surface area (Å²) in [5.74, 6) is -8.65. The van der Waals surface area contributed by atoms with E-state index in [1.54, 1.807) is 11.4 Å². The van der Waals surface area contributed by atoms with Crippen molar-refractivity contribution in [2.45, 2.75) is 25.7 Å². The Morgan fingerprint density at radius 1 is 1.04 bits per heavy atom. The van der Waals surface area contributed by atoms with E-state index in [1.165, 1.54) is 11.3 Å². The number of halogens is 4. The van der Waals surface area contributed by atoms with Crippen LogP contribution in [0.4, 0.5) is 23.2 Å². The second kappa shape index (κ2) is 7.45. The highest BCUT2D eigenvalue weighted by atomic mass is 32.1. The van der Waals surface area contributed by atoms with Crippen molar-refractivity contribution in [3.63, 3.8) is 0 Å². The number of nitrogens with one attached hydrogen (secondary N) is 1. The third kappa shape index (κ3) is 3.72. The summed E-state index contributed by atoms with van der Waals surface area (Å²) >= 11 is 1.28. The molecule has 0 spiro atoms. The van der Waals surface area contributed by atoms with Crippen LogP contribution in [-0.2, 0) is 22.4 Å². The summed E-state index contributed by atoms with van der Waals surface area (Å²) < 4.78 is 58.0. The molecule has 1 aliphatic carbocycles. The van der Waals surface area contributed by atoms with Gasteiger partial charge in [-0.05, 0) is 37.3 Å². The van der Waals surface area contributed by atoms with Gasteiger partial charge in [0.2, 0.25) is 0 Å². The Balaban J connectivity index is 1.63. The van der Waals surface area contributed by atoms with E-state index in [9.17, 15) is 27.2 Å². The van der Waals surface area contributed by atoms with Gasteiger partial charge in [0.15, 0.2) is 29.9 Å². The number of hydrogen-bond acceptors (Lipinski definition) is 4. The van der Waals surface area contributed by atoms with Crippen LogP contribution in [-0.4, -0.2) is 18.5 Å². The minimum atomic E-state index is -1.74. The number of carbonyl (C=O) groups excluding carboxylic acids is 2. The molecule has 0 bridgehead atoms. The average molecular weight is 387 g/mol. The molecule has 9 heteroatoms. The topological polar surface area (TPSA) is 55.4 Å². The lowest BCUT2D eigenvalue weighted by atomic mass is 9.99. The van der Waals surface area contributed by atoms with Crippen molar-refractivity contribution in [1.82, 2.24) is 0 Å². The number of esters is 1. The molecular weight excluding hydrogens is 374 g/mol. The zero-order chi connectivity index (χ0) is 18.8. The second-order valence-electron chi connectivity index (χ2n) is 5.73. The average Bonchev–Trinajstić information content (AvgIpc) is 3.06. The fourth-order valence-corrected chi connectivity index (χ4v) is 3.80. The molecule has 0 aliphatic heterocycles. The fraction of sp³-hybridized carbons (Fsp3) is 0.294. The number of aryl methyl sites for hydroxylation is 2. The molecule has 26 heavy (non-hydrogen) atoms. The quantitative estimate of drug-likeness (QED) is 0.491. The molecule has 1 heterocycles. The van der Waals surface area contributed by atoms with Gasteiger partial charge < -0.3 is 10.1 Å². The molecule has 0 unspecified atom stereocenters. The van der Waals surface area contributed by atoms with Gasteiger partial charge in [-0.15, -0.1) is 11.3 Å². The number of anilines is 1. The van der Waals surface area contributed by atoms with E-state index in [-0.39, 0.29) is 6.07 Å². The lowest BCUT2D eigenvalue weighted by Crippen LogP contribution is -2.22. The molecule has 0 fully saturated rings. The van der Waals surface area contributed by atoms with Crippen LogP contribution in [0.5, 0.6) is 0 Å². The van der Waals surface area contributed by atoms with Crippen LogP contribution in [0.25, 0.3) is 0 Å². The molecule has 1 aromatic carbocycles. The highest BCUT2D eigenvalue weighted by Gasteiger charge is 2.22. The number of fused-ring (bicyclic) bond motifs is 1. The Bertz CT molecular complexity index is 832. The summed E-state index contributed by atoms with van der Waals surface area (Å²) in [6.45, 7) is -0.849. The zero-order valence-electron chi connectivity index (χ0n) is 13.3. The van der Waals surface area contributed by atoms with Crippen LogP contribution in [0.1, 0.15) is 33.0 Å². The lowest BCUT2D eigenvalue weighted by Gasteiger charge is -2.09. The van der Waals surface area contributed by atoms with Gasteiger partial charge in [-0.3, -0.25) is 4.79 Å². The van der Waals surface area contributed by atoms with Crippen molar-refractivity contribution in [1.29, 1.82) is 0 Å². The van der Waals surface area contributed by atoms with Gasteiger partial charge in [0.05, 0.1) is 0 Å². The number of thiophene rings is 1. The standard InChI is InChI=1S/C17H13F4NO3S/c18-9-6-10(19)15(21)16(14(9)20)22-13(23)7-25-17(24)12-5-8-3-1-2-4-11(8)26-12/h5-6H,1-4,7H2,(H,22,23). The number of rotatable bonds is 4. The van der Waals surface area contributed by atoms with E-state index in [4.69, 9.17) is 4.74 Å². The first-order chi connectivity index (χ1) is 12.4. The molecule has 1 amide bonds. The van der Waals surface area contributed by atoms with E-state index in [0.29, 0.717) is 4.88 Å². The van der Waals surface area contributed by atoms with Crippen molar-refractivity contribution >= 4 is 28.9 Å². The smallest absolute Gasteiger partial charge is 0.348 e. The first kappa shape index (κ1) is 18.4. The molecule has 1 N–H and O–H groups in total. The largest absolute Gasteiger partial charge is 0.451 e. The highest BCUT2D eigenvalue weighted by Crippen LogP contribution is 2.30. The van der Waals surface area contributed by atoms with Crippen LogP contribution in [0.2, 0.25) is 0 Å². The van der Waals surface area contributed by atoms with Crippen molar-refractivity contribution in [2.75, 3.05) is 11.9 Å². The normalized spacial score (nSPS) is 13.2. The maximum Gasteiger partial charge on any atom is 0.348 e. The number of carbonyl (C=O) groups is 2. The SMILES string of the molecule is O=C(COC(=O)c1cc2c(s1)CCCC2)Nc1c(F)c(F)cc(F)c1F. The summed E-state index contributed by atoms with van der Waals surface area (Å²) in [5.41, 5.74) is -0.188. The molecule has 2 aromatic rings. The van der Waals surface area contributed by atoms with Gasteiger partial charge in [-0.25, -0.2) is 22.4 Å². The van der Waals surface area contributed by atoms with E-state index >= 15 is 0 Å². The molecule has 1 aliphatic rings. The van der Waals surface area contributed by atoms with E-state index in [2.05, 4.69) is 0 Å². The molecule has 0 radical (unpaired) electrons. The summed E-state index contributed by atoms with van der Waals surface area (Å²) in [6.07, 6.45) is 3.86. The van der Waals surface area contributed by atoms with Gasteiger partial charge in [0.1, 0.15) is 10.6 Å². The Hall–Kier alpha value is -2.42. The van der Waals surface area contributed by atoms with Crippen LogP contribution in [0, 0.1) is 23.3 Å². The molecule has 0 atom stereocenters. The van der Waals surface area contributed by atoms with Crippen molar-refractivity contribution in [2.24, 2.45) is 0 Å². The van der Waals surface area contributed by atoms with Crippen molar-refractivity contribution in [3.05, 3.63) is 50.7 Å². The van der Waals surface area contributed by atoms with Crippen molar-refractivity contribution < 1.29 is 31.9 Å². The maximum absolute atomic E-state index is 13.5. The zero-order valence-corrected chi connectivity index (χ0v) is 14.2. The molecular formula is C17H13F4NO3S. The monoisotopic (exact) mass is 387 g/mol. The predicted molar refractivity (Wildman–Crippen MR) is 86.1 cm³/mol.